The van der Waals surface area contributed by atoms with E-state index in [-0.39, 0.29) is 0 Å². The Labute approximate surface area is 118 Å². The fourth-order valence-corrected chi connectivity index (χ4v) is 2.57. The van der Waals surface area contributed by atoms with Crippen molar-refractivity contribution >= 4 is 34.7 Å². The van der Waals surface area contributed by atoms with Crippen LogP contribution in [0.2, 0.25) is 0 Å². The first-order valence-electron chi connectivity index (χ1n) is 5.85. The first kappa shape index (κ1) is 15.1. The molecule has 1 unspecified atom stereocenters. The summed E-state index contributed by atoms with van der Waals surface area (Å²) in [5, 5.41) is 3.49. The van der Waals surface area contributed by atoms with E-state index in [1.807, 2.05) is 30.0 Å². The zero-order chi connectivity index (χ0) is 13.5. The SMILES string of the molecule is CCC(CSC)Nc1cc(OC)ccc1C(N)=S. The van der Waals surface area contributed by atoms with Crippen LogP contribution in [0.3, 0.4) is 0 Å². The van der Waals surface area contributed by atoms with Crippen LogP contribution in [0.4, 0.5) is 5.69 Å². The zero-order valence-corrected chi connectivity index (χ0v) is 12.7. The van der Waals surface area contributed by atoms with Gasteiger partial charge in [-0.2, -0.15) is 11.8 Å². The van der Waals surface area contributed by atoms with Crippen molar-refractivity contribution in [3.05, 3.63) is 23.8 Å². The summed E-state index contributed by atoms with van der Waals surface area (Å²) in [7, 11) is 1.65. The molecule has 0 saturated heterocycles. The molecule has 0 aliphatic rings. The average Bonchev–Trinajstić information content (AvgIpc) is 2.37. The summed E-state index contributed by atoms with van der Waals surface area (Å²) in [5.74, 6) is 1.85. The molecular weight excluding hydrogens is 264 g/mol. The number of anilines is 1. The van der Waals surface area contributed by atoms with Gasteiger partial charge in [0.05, 0.1) is 7.11 Å². The third-order valence-electron chi connectivity index (χ3n) is 2.71. The summed E-state index contributed by atoms with van der Waals surface area (Å²) in [6, 6.07) is 6.11. The lowest BCUT2D eigenvalue weighted by Gasteiger charge is -2.20. The van der Waals surface area contributed by atoms with Gasteiger partial charge in [0, 0.05) is 29.1 Å². The Balaban J connectivity index is 2.99. The van der Waals surface area contributed by atoms with Crippen LogP contribution in [0, 0.1) is 0 Å². The molecule has 0 bridgehead atoms. The van der Waals surface area contributed by atoms with Crippen molar-refractivity contribution < 1.29 is 4.74 Å². The minimum Gasteiger partial charge on any atom is -0.497 e. The number of methoxy groups -OCH3 is 1. The molecule has 3 nitrogen and oxygen atoms in total. The first-order chi connectivity index (χ1) is 8.62. The Morgan fingerprint density at radius 1 is 1.56 bits per heavy atom. The summed E-state index contributed by atoms with van der Waals surface area (Å²) < 4.78 is 5.24. The molecule has 0 amide bonds. The van der Waals surface area contributed by atoms with Crippen molar-refractivity contribution in [2.45, 2.75) is 19.4 Å². The van der Waals surface area contributed by atoms with Crippen molar-refractivity contribution in [1.29, 1.82) is 0 Å². The van der Waals surface area contributed by atoms with Gasteiger partial charge >= 0.3 is 0 Å². The third kappa shape index (κ3) is 4.07. The molecule has 0 fully saturated rings. The number of thiocarbonyl (C=S) groups is 1. The maximum Gasteiger partial charge on any atom is 0.120 e. The highest BCUT2D eigenvalue weighted by Crippen LogP contribution is 2.24. The van der Waals surface area contributed by atoms with E-state index < -0.39 is 0 Å². The van der Waals surface area contributed by atoms with Gasteiger partial charge in [0.25, 0.3) is 0 Å². The molecule has 3 N–H and O–H groups in total. The van der Waals surface area contributed by atoms with Crippen LogP contribution in [-0.4, -0.2) is 30.1 Å². The molecule has 0 aliphatic heterocycles. The van der Waals surface area contributed by atoms with E-state index in [0.717, 1.165) is 29.2 Å². The molecule has 0 radical (unpaired) electrons. The van der Waals surface area contributed by atoms with E-state index in [1.165, 1.54) is 0 Å². The number of hydrogen-bond acceptors (Lipinski definition) is 4. The van der Waals surface area contributed by atoms with Crippen molar-refractivity contribution in [1.82, 2.24) is 0 Å². The number of thioether (sulfide) groups is 1. The Morgan fingerprint density at radius 2 is 2.28 bits per heavy atom. The lowest BCUT2D eigenvalue weighted by atomic mass is 10.1. The second-order valence-corrected chi connectivity index (χ2v) is 5.33. The van der Waals surface area contributed by atoms with Gasteiger partial charge in [0.2, 0.25) is 0 Å². The molecular formula is C13H20N2OS2. The van der Waals surface area contributed by atoms with Crippen LogP contribution < -0.4 is 15.8 Å². The van der Waals surface area contributed by atoms with E-state index in [1.54, 1.807) is 7.11 Å². The smallest absolute Gasteiger partial charge is 0.120 e. The van der Waals surface area contributed by atoms with Crippen LogP contribution >= 0.6 is 24.0 Å². The number of hydrogen-bond donors (Lipinski definition) is 2. The minimum absolute atomic E-state index is 0.402. The Kier molecular flexibility index (Phi) is 6.29. The Bertz CT molecular complexity index is 410. The molecule has 1 atom stereocenters. The highest BCUT2D eigenvalue weighted by Gasteiger charge is 2.11. The van der Waals surface area contributed by atoms with Crippen LogP contribution in [0.1, 0.15) is 18.9 Å². The minimum atomic E-state index is 0.402. The summed E-state index contributed by atoms with van der Waals surface area (Å²) in [6.07, 6.45) is 3.15. The molecule has 0 aliphatic carbocycles. The summed E-state index contributed by atoms with van der Waals surface area (Å²) in [6.45, 7) is 2.16. The van der Waals surface area contributed by atoms with Crippen LogP contribution in [-0.2, 0) is 0 Å². The van der Waals surface area contributed by atoms with E-state index in [9.17, 15) is 0 Å². The van der Waals surface area contributed by atoms with E-state index in [0.29, 0.717) is 11.0 Å². The van der Waals surface area contributed by atoms with Gasteiger partial charge in [-0.15, -0.1) is 0 Å². The molecule has 0 spiro atoms. The number of ether oxygens (including phenoxy) is 1. The molecule has 100 valence electrons. The second-order valence-electron chi connectivity index (χ2n) is 3.98. The highest BCUT2D eigenvalue weighted by molar-refractivity contribution is 7.98. The maximum absolute atomic E-state index is 5.74. The number of nitrogens with one attached hydrogen (secondary N) is 1. The van der Waals surface area contributed by atoms with Gasteiger partial charge in [-0.25, -0.2) is 0 Å². The normalized spacial score (nSPS) is 11.9. The molecule has 0 saturated carbocycles. The summed E-state index contributed by atoms with van der Waals surface area (Å²) >= 11 is 6.89. The third-order valence-corrected chi connectivity index (χ3v) is 3.67. The molecule has 1 aromatic rings. The molecule has 1 rings (SSSR count). The predicted molar refractivity (Wildman–Crippen MR) is 85.0 cm³/mol. The monoisotopic (exact) mass is 284 g/mol. The van der Waals surface area contributed by atoms with Crippen LogP contribution in [0.15, 0.2) is 18.2 Å². The molecule has 1 aromatic carbocycles. The maximum atomic E-state index is 5.74. The zero-order valence-electron chi connectivity index (χ0n) is 11.0. The van der Waals surface area contributed by atoms with Crippen molar-refractivity contribution in [2.24, 2.45) is 5.73 Å². The van der Waals surface area contributed by atoms with Gasteiger partial charge in [0.15, 0.2) is 0 Å². The van der Waals surface area contributed by atoms with Gasteiger partial charge in [-0.3, -0.25) is 0 Å². The highest BCUT2D eigenvalue weighted by atomic mass is 32.2. The van der Waals surface area contributed by atoms with E-state index >= 15 is 0 Å². The summed E-state index contributed by atoms with van der Waals surface area (Å²) in [4.78, 5) is 0.402. The average molecular weight is 284 g/mol. The fourth-order valence-electron chi connectivity index (χ4n) is 1.67. The van der Waals surface area contributed by atoms with Crippen LogP contribution in [0.25, 0.3) is 0 Å². The van der Waals surface area contributed by atoms with Crippen molar-refractivity contribution in [3.8, 4) is 5.75 Å². The number of benzene rings is 1. The molecule has 18 heavy (non-hydrogen) atoms. The largest absolute Gasteiger partial charge is 0.497 e. The molecule has 0 aromatic heterocycles. The standard InChI is InChI=1S/C13H20N2OS2/c1-4-9(8-18-3)15-12-7-10(16-2)5-6-11(12)13(14)17/h5-7,9,15H,4,8H2,1-3H3,(H2,14,17). The van der Waals surface area contributed by atoms with E-state index in [2.05, 4.69) is 18.5 Å². The quantitative estimate of drug-likeness (QED) is 0.754. The lowest BCUT2D eigenvalue weighted by molar-refractivity contribution is 0.415. The van der Waals surface area contributed by atoms with Crippen molar-refractivity contribution in [3.63, 3.8) is 0 Å². The van der Waals surface area contributed by atoms with Crippen LogP contribution in [0.5, 0.6) is 5.75 Å². The summed E-state index contributed by atoms with van der Waals surface area (Å²) in [5.41, 5.74) is 7.56. The van der Waals surface area contributed by atoms with Gasteiger partial charge in [0.1, 0.15) is 10.7 Å². The van der Waals surface area contributed by atoms with Gasteiger partial charge in [-0.05, 0) is 24.8 Å². The van der Waals surface area contributed by atoms with Gasteiger partial charge < -0.3 is 15.8 Å². The first-order valence-corrected chi connectivity index (χ1v) is 7.65. The van der Waals surface area contributed by atoms with Gasteiger partial charge in [-0.1, -0.05) is 19.1 Å². The molecule has 0 heterocycles. The van der Waals surface area contributed by atoms with E-state index in [4.69, 9.17) is 22.7 Å². The number of nitrogens with two attached hydrogens (primary N) is 1. The Hall–Kier alpha value is -0.940. The lowest BCUT2D eigenvalue weighted by Crippen LogP contribution is -2.23. The topological polar surface area (TPSA) is 47.3 Å². The fraction of sp³-hybridized carbons (Fsp3) is 0.462. The predicted octanol–water partition coefficient (Wildman–Crippen LogP) is 2.88. The molecule has 5 heteroatoms. The number of rotatable bonds is 7. The Morgan fingerprint density at radius 3 is 2.78 bits per heavy atom. The second kappa shape index (κ2) is 7.48. The van der Waals surface area contributed by atoms with Crippen molar-refractivity contribution in [2.75, 3.05) is 24.4 Å².